The maximum Gasteiger partial charge on any atom is 0.186 e. The van der Waals surface area contributed by atoms with Crippen molar-refractivity contribution < 1.29 is 14.2 Å². The van der Waals surface area contributed by atoms with E-state index in [1.807, 2.05) is 30.3 Å². The van der Waals surface area contributed by atoms with Crippen molar-refractivity contribution in [3.05, 3.63) is 35.9 Å². The predicted octanol–water partition coefficient (Wildman–Crippen LogP) is 1.72. The molecule has 3 atom stereocenters. The zero-order valence-electron chi connectivity index (χ0n) is 8.46. The number of hydrogen-bond acceptors (Lipinski definition) is 3. The summed E-state index contributed by atoms with van der Waals surface area (Å²) in [6.07, 6.45) is 1.42. The Balaban J connectivity index is 1.54. The molecule has 1 aromatic carbocycles. The van der Waals surface area contributed by atoms with Crippen LogP contribution < -0.4 is 0 Å². The molecule has 3 rings (SSSR count). The summed E-state index contributed by atoms with van der Waals surface area (Å²) >= 11 is 0. The zero-order chi connectivity index (χ0) is 10.1. The Hall–Kier alpha value is -0.900. The number of epoxide rings is 1. The fraction of sp³-hybridized carbons (Fsp3) is 0.500. The average Bonchev–Trinajstić information content (AvgIpc) is 3.07. The smallest absolute Gasteiger partial charge is 0.186 e. The van der Waals surface area contributed by atoms with Crippen molar-refractivity contribution in [1.29, 1.82) is 0 Å². The fourth-order valence-corrected chi connectivity index (χ4v) is 1.92. The van der Waals surface area contributed by atoms with Gasteiger partial charge in [0.05, 0.1) is 19.3 Å². The molecular weight excluding hydrogens is 192 g/mol. The largest absolute Gasteiger partial charge is 0.364 e. The number of ether oxygens (including phenoxy) is 3. The summed E-state index contributed by atoms with van der Waals surface area (Å²) < 4.78 is 16.6. The Labute approximate surface area is 89.0 Å². The highest BCUT2D eigenvalue weighted by Crippen LogP contribution is 2.34. The summed E-state index contributed by atoms with van der Waals surface area (Å²) in [7, 11) is 0. The van der Waals surface area contributed by atoms with Crippen molar-refractivity contribution in [3.8, 4) is 0 Å². The molecule has 2 aliphatic rings. The Morgan fingerprint density at radius 1 is 1.27 bits per heavy atom. The van der Waals surface area contributed by atoms with Crippen LogP contribution in [0.2, 0.25) is 0 Å². The molecular formula is C12H14O3. The van der Waals surface area contributed by atoms with E-state index >= 15 is 0 Å². The molecule has 15 heavy (non-hydrogen) atoms. The summed E-state index contributed by atoms with van der Waals surface area (Å²) in [5.74, 6) is 0. The lowest BCUT2D eigenvalue weighted by Gasteiger charge is -2.19. The van der Waals surface area contributed by atoms with Crippen molar-refractivity contribution in [2.75, 3.05) is 6.61 Å². The van der Waals surface area contributed by atoms with Gasteiger partial charge < -0.3 is 14.2 Å². The van der Waals surface area contributed by atoms with Crippen LogP contribution in [0.5, 0.6) is 0 Å². The monoisotopic (exact) mass is 206 g/mol. The summed E-state index contributed by atoms with van der Waals surface area (Å²) in [4.78, 5) is 0. The van der Waals surface area contributed by atoms with Gasteiger partial charge in [0, 0.05) is 0 Å². The van der Waals surface area contributed by atoms with Crippen LogP contribution in [0.25, 0.3) is 0 Å². The molecule has 2 fully saturated rings. The molecule has 0 aliphatic carbocycles. The second-order valence-electron chi connectivity index (χ2n) is 3.96. The summed E-state index contributed by atoms with van der Waals surface area (Å²) in [5, 5.41) is 0. The molecule has 2 aliphatic heterocycles. The van der Waals surface area contributed by atoms with Crippen LogP contribution >= 0.6 is 0 Å². The van der Waals surface area contributed by atoms with Crippen LogP contribution in [0.3, 0.4) is 0 Å². The van der Waals surface area contributed by atoms with E-state index < -0.39 is 0 Å². The summed E-state index contributed by atoms with van der Waals surface area (Å²) in [5.41, 5.74) is 1.17. The number of rotatable bonds is 3. The van der Waals surface area contributed by atoms with E-state index in [1.165, 1.54) is 5.56 Å². The van der Waals surface area contributed by atoms with E-state index in [1.54, 1.807) is 0 Å². The van der Waals surface area contributed by atoms with Crippen molar-refractivity contribution in [2.45, 2.75) is 31.5 Å². The fourth-order valence-electron chi connectivity index (χ4n) is 1.92. The molecule has 3 heteroatoms. The van der Waals surface area contributed by atoms with E-state index in [2.05, 4.69) is 0 Å². The van der Waals surface area contributed by atoms with Crippen molar-refractivity contribution in [2.24, 2.45) is 0 Å². The van der Waals surface area contributed by atoms with Gasteiger partial charge in [-0.2, -0.15) is 0 Å². The molecule has 0 N–H and O–H groups in total. The molecule has 0 saturated carbocycles. The Bertz CT molecular complexity index is 325. The minimum absolute atomic E-state index is 0.163. The SMILES string of the molecule is c1ccc(CO[C@H]2OCC[C@H]3O[C@@H]23)cc1. The van der Waals surface area contributed by atoms with Gasteiger partial charge in [0.2, 0.25) is 0 Å². The first-order chi connectivity index (χ1) is 7.43. The number of benzene rings is 1. The third kappa shape index (κ3) is 2.04. The Morgan fingerprint density at radius 3 is 3.00 bits per heavy atom. The van der Waals surface area contributed by atoms with Gasteiger partial charge in [-0.15, -0.1) is 0 Å². The minimum Gasteiger partial charge on any atom is -0.364 e. The Morgan fingerprint density at radius 2 is 2.13 bits per heavy atom. The lowest BCUT2D eigenvalue weighted by Crippen LogP contribution is -2.29. The van der Waals surface area contributed by atoms with Gasteiger partial charge in [0.25, 0.3) is 0 Å². The maximum absolute atomic E-state index is 5.68. The third-order valence-electron chi connectivity index (χ3n) is 2.83. The van der Waals surface area contributed by atoms with Crippen molar-refractivity contribution in [3.63, 3.8) is 0 Å². The first-order valence-corrected chi connectivity index (χ1v) is 5.36. The van der Waals surface area contributed by atoms with Gasteiger partial charge in [0.15, 0.2) is 6.29 Å². The zero-order valence-corrected chi connectivity index (χ0v) is 8.46. The number of fused-ring (bicyclic) bond motifs is 1. The normalized spacial score (nSPS) is 33.5. The topological polar surface area (TPSA) is 31.0 Å². The third-order valence-corrected chi connectivity index (χ3v) is 2.83. The van der Waals surface area contributed by atoms with Crippen LogP contribution in [0, 0.1) is 0 Å². The highest BCUT2D eigenvalue weighted by atomic mass is 16.7. The van der Waals surface area contributed by atoms with Crippen molar-refractivity contribution in [1.82, 2.24) is 0 Å². The lowest BCUT2D eigenvalue weighted by molar-refractivity contribution is -0.165. The molecule has 0 spiro atoms. The van der Waals surface area contributed by atoms with Crippen LogP contribution in [-0.4, -0.2) is 25.1 Å². The van der Waals surface area contributed by atoms with Crippen molar-refractivity contribution >= 4 is 0 Å². The molecule has 0 aromatic heterocycles. The summed E-state index contributed by atoms with van der Waals surface area (Å²) in [6.45, 7) is 1.35. The van der Waals surface area contributed by atoms with Crippen LogP contribution in [0.15, 0.2) is 30.3 Å². The first kappa shape index (κ1) is 9.33. The van der Waals surface area contributed by atoms with Crippen LogP contribution in [0.4, 0.5) is 0 Å². The van der Waals surface area contributed by atoms with E-state index in [9.17, 15) is 0 Å². The lowest BCUT2D eigenvalue weighted by atomic mass is 10.2. The van der Waals surface area contributed by atoms with Crippen LogP contribution in [0.1, 0.15) is 12.0 Å². The predicted molar refractivity (Wildman–Crippen MR) is 54.2 cm³/mol. The van der Waals surface area contributed by atoms with Gasteiger partial charge in [-0.3, -0.25) is 0 Å². The van der Waals surface area contributed by atoms with E-state index in [0.717, 1.165) is 13.0 Å². The van der Waals surface area contributed by atoms with Gasteiger partial charge in [0.1, 0.15) is 6.10 Å². The average molecular weight is 206 g/mol. The maximum atomic E-state index is 5.68. The van der Waals surface area contributed by atoms with Crippen LogP contribution in [-0.2, 0) is 20.8 Å². The molecule has 3 nitrogen and oxygen atoms in total. The minimum atomic E-state index is -0.163. The highest BCUT2D eigenvalue weighted by Gasteiger charge is 2.49. The molecule has 2 heterocycles. The second-order valence-corrected chi connectivity index (χ2v) is 3.96. The number of hydrogen-bond donors (Lipinski definition) is 0. The highest BCUT2D eigenvalue weighted by molar-refractivity contribution is 5.13. The molecule has 0 unspecified atom stereocenters. The molecule has 0 bridgehead atoms. The van der Waals surface area contributed by atoms with E-state index in [-0.39, 0.29) is 12.4 Å². The molecule has 2 saturated heterocycles. The molecule has 0 radical (unpaired) electrons. The summed E-state index contributed by atoms with van der Waals surface area (Å²) in [6, 6.07) is 10.1. The standard InChI is InChI=1S/C12H14O3/c1-2-4-9(5-3-1)8-14-12-11-10(15-11)6-7-13-12/h1-5,10-12H,6-8H2/t10-,11-,12-/m1/s1. The quantitative estimate of drug-likeness (QED) is 0.705. The van der Waals surface area contributed by atoms with Gasteiger partial charge in [-0.05, 0) is 12.0 Å². The van der Waals surface area contributed by atoms with Gasteiger partial charge in [-0.1, -0.05) is 30.3 Å². The van der Waals surface area contributed by atoms with Gasteiger partial charge in [-0.25, -0.2) is 0 Å². The first-order valence-electron chi connectivity index (χ1n) is 5.36. The molecule has 0 amide bonds. The second kappa shape index (κ2) is 3.93. The van der Waals surface area contributed by atoms with E-state index in [4.69, 9.17) is 14.2 Å². The molecule has 80 valence electrons. The van der Waals surface area contributed by atoms with Gasteiger partial charge >= 0.3 is 0 Å². The molecule has 1 aromatic rings. The van der Waals surface area contributed by atoms with E-state index in [0.29, 0.717) is 12.7 Å². The Kier molecular flexibility index (Phi) is 2.44.